The summed E-state index contributed by atoms with van der Waals surface area (Å²) in [4.78, 5) is 13.9. The Morgan fingerprint density at radius 1 is 1.00 bits per heavy atom. The molecular formula is C26H24N6O2S. The second-order valence-electron chi connectivity index (χ2n) is 8.55. The highest BCUT2D eigenvalue weighted by atomic mass is 32.1. The summed E-state index contributed by atoms with van der Waals surface area (Å²) in [5.41, 5.74) is 10.6. The van der Waals surface area contributed by atoms with Gasteiger partial charge in [-0.15, -0.1) is 11.3 Å². The number of anilines is 1. The quantitative estimate of drug-likeness (QED) is 0.301. The Balaban J connectivity index is 1.23. The molecular weight excluding hydrogens is 460 g/mol. The van der Waals surface area contributed by atoms with E-state index < -0.39 is 0 Å². The smallest absolute Gasteiger partial charge is 0.164 e. The first kappa shape index (κ1) is 21.5. The Morgan fingerprint density at radius 2 is 1.83 bits per heavy atom. The number of nitrogen functional groups attached to an aromatic ring is 1. The molecule has 0 radical (unpaired) electrons. The largest absolute Gasteiger partial charge is 0.488 e. The first-order chi connectivity index (χ1) is 17.2. The van der Waals surface area contributed by atoms with E-state index in [1.165, 1.54) is 19.2 Å². The number of hydrogen-bond donors (Lipinski definition) is 1. The van der Waals surface area contributed by atoms with Gasteiger partial charge in [0, 0.05) is 17.8 Å². The van der Waals surface area contributed by atoms with Crippen molar-refractivity contribution in [3.8, 4) is 28.5 Å². The van der Waals surface area contributed by atoms with Crippen LogP contribution in [0.2, 0.25) is 0 Å². The summed E-state index contributed by atoms with van der Waals surface area (Å²) in [6.07, 6.45) is 7.98. The van der Waals surface area contributed by atoms with Crippen LogP contribution in [0, 0.1) is 0 Å². The summed E-state index contributed by atoms with van der Waals surface area (Å²) >= 11 is 1.57. The minimum Gasteiger partial charge on any atom is -0.488 e. The molecule has 0 aliphatic heterocycles. The Bertz CT molecular complexity index is 1440. The van der Waals surface area contributed by atoms with Crippen LogP contribution in [0.15, 0.2) is 66.6 Å². The van der Waals surface area contributed by atoms with E-state index in [1.807, 2.05) is 59.4 Å². The van der Waals surface area contributed by atoms with Crippen molar-refractivity contribution in [3.63, 3.8) is 0 Å². The Hall–Kier alpha value is -3.98. The summed E-state index contributed by atoms with van der Waals surface area (Å²) in [7, 11) is 0. The predicted molar refractivity (Wildman–Crippen MR) is 136 cm³/mol. The van der Waals surface area contributed by atoms with E-state index in [4.69, 9.17) is 20.3 Å². The molecule has 5 aromatic rings. The van der Waals surface area contributed by atoms with E-state index in [-0.39, 0.29) is 0 Å². The molecule has 0 bridgehead atoms. The summed E-state index contributed by atoms with van der Waals surface area (Å²) in [5.74, 6) is 2.61. The van der Waals surface area contributed by atoms with E-state index in [0.717, 1.165) is 51.5 Å². The van der Waals surface area contributed by atoms with Gasteiger partial charge in [-0.1, -0.05) is 18.9 Å². The third kappa shape index (κ3) is 4.42. The van der Waals surface area contributed by atoms with Crippen molar-refractivity contribution in [1.29, 1.82) is 0 Å². The Labute approximate surface area is 206 Å². The lowest BCUT2D eigenvalue weighted by atomic mass is 10.1. The first-order valence-electron chi connectivity index (χ1n) is 11.6. The zero-order valence-electron chi connectivity index (χ0n) is 19.0. The fourth-order valence-corrected chi connectivity index (χ4v) is 5.02. The molecule has 3 heterocycles. The summed E-state index contributed by atoms with van der Waals surface area (Å²) in [6.45, 7) is 0.483. The minimum absolute atomic E-state index is 0.355. The number of fused-ring (bicyclic) bond motifs is 1. The summed E-state index contributed by atoms with van der Waals surface area (Å²) < 4.78 is 14.0. The molecule has 8 nitrogen and oxygen atoms in total. The Kier molecular flexibility index (Phi) is 5.75. The van der Waals surface area contributed by atoms with E-state index in [0.29, 0.717) is 24.2 Å². The van der Waals surface area contributed by atoms with Crippen LogP contribution in [-0.2, 0) is 6.61 Å². The molecule has 1 saturated carbocycles. The molecule has 9 heteroatoms. The van der Waals surface area contributed by atoms with Crippen molar-refractivity contribution in [1.82, 2.24) is 24.7 Å². The molecule has 0 atom stereocenters. The molecule has 0 spiro atoms. The van der Waals surface area contributed by atoms with Gasteiger partial charge in [-0.25, -0.2) is 14.6 Å². The normalized spacial score (nSPS) is 13.9. The van der Waals surface area contributed by atoms with Gasteiger partial charge in [0.25, 0.3) is 0 Å². The molecule has 0 saturated heterocycles. The Morgan fingerprint density at radius 3 is 2.63 bits per heavy atom. The molecule has 1 fully saturated rings. The molecule has 6 rings (SSSR count). The summed E-state index contributed by atoms with van der Waals surface area (Å²) in [5, 5.41) is 5.75. The standard InChI is InChI=1S/C26H24N6O2S/c27-25-23-24(31-32(18-4-1-2-5-18)26(23)30-15-29-25)17-8-10-19(11-9-17)34-21-7-3-6-20(12-21)33-14-22-13-28-16-35-22/h3,6-13,15-16,18H,1-2,4-5,14H2,(H2,27,29,30). The maximum atomic E-state index is 6.26. The highest BCUT2D eigenvalue weighted by Crippen LogP contribution is 2.37. The monoisotopic (exact) mass is 484 g/mol. The lowest BCUT2D eigenvalue weighted by Gasteiger charge is -2.10. The molecule has 1 aliphatic carbocycles. The molecule has 3 aromatic heterocycles. The van der Waals surface area contributed by atoms with Gasteiger partial charge in [0.1, 0.15) is 41.7 Å². The highest BCUT2D eigenvalue weighted by molar-refractivity contribution is 7.09. The SMILES string of the molecule is Nc1ncnc2c1c(-c1ccc(Oc3cccc(OCc4cncs4)c3)cc1)nn2C1CCCC1. The summed E-state index contributed by atoms with van der Waals surface area (Å²) in [6, 6.07) is 15.8. The molecule has 2 N–H and O–H groups in total. The fourth-order valence-electron chi connectivity index (χ4n) is 4.51. The molecule has 1 aliphatic rings. The van der Waals surface area contributed by atoms with Gasteiger partial charge in [-0.3, -0.25) is 4.98 Å². The van der Waals surface area contributed by atoms with E-state index >= 15 is 0 Å². The first-order valence-corrected chi connectivity index (χ1v) is 12.5. The number of hydrogen-bond acceptors (Lipinski definition) is 8. The average molecular weight is 485 g/mol. The average Bonchev–Trinajstić information content (AvgIpc) is 3.65. The van der Waals surface area contributed by atoms with Crippen LogP contribution < -0.4 is 15.2 Å². The van der Waals surface area contributed by atoms with Gasteiger partial charge < -0.3 is 15.2 Å². The maximum absolute atomic E-state index is 6.26. The van der Waals surface area contributed by atoms with Crippen molar-refractivity contribution in [2.45, 2.75) is 38.3 Å². The molecule has 176 valence electrons. The van der Waals surface area contributed by atoms with Crippen LogP contribution in [0.5, 0.6) is 17.2 Å². The zero-order chi connectivity index (χ0) is 23.6. The van der Waals surface area contributed by atoms with Crippen LogP contribution in [0.3, 0.4) is 0 Å². The third-order valence-corrected chi connectivity index (χ3v) is 6.98. The fraction of sp³-hybridized carbons (Fsp3) is 0.231. The lowest BCUT2D eigenvalue weighted by Crippen LogP contribution is -2.07. The minimum atomic E-state index is 0.355. The second kappa shape index (κ2) is 9.34. The van der Waals surface area contributed by atoms with Crippen LogP contribution in [0.1, 0.15) is 36.6 Å². The number of ether oxygens (including phenoxy) is 2. The van der Waals surface area contributed by atoms with Gasteiger partial charge in [-0.05, 0) is 49.2 Å². The van der Waals surface area contributed by atoms with Gasteiger partial charge in [0.05, 0.1) is 21.8 Å². The van der Waals surface area contributed by atoms with Crippen LogP contribution in [0.4, 0.5) is 5.82 Å². The van der Waals surface area contributed by atoms with Gasteiger partial charge in [0.2, 0.25) is 0 Å². The zero-order valence-corrected chi connectivity index (χ0v) is 19.8. The van der Waals surface area contributed by atoms with E-state index in [2.05, 4.69) is 15.0 Å². The van der Waals surface area contributed by atoms with Gasteiger partial charge >= 0.3 is 0 Å². The highest BCUT2D eigenvalue weighted by Gasteiger charge is 2.24. The number of nitrogens with two attached hydrogens (primary N) is 1. The third-order valence-electron chi connectivity index (χ3n) is 6.22. The number of aromatic nitrogens is 5. The van der Waals surface area contributed by atoms with Gasteiger partial charge in [0.15, 0.2) is 5.65 Å². The number of rotatable bonds is 7. The van der Waals surface area contributed by atoms with Crippen molar-refractivity contribution in [2.24, 2.45) is 0 Å². The van der Waals surface area contributed by atoms with Crippen LogP contribution >= 0.6 is 11.3 Å². The topological polar surface area (TPSA) is 101 Å². The second-order valence-corrected chi connectivity index (χ2v) is 9.52. The van der Waals surface area contributed by atoms with E-state index in [1.54, 1.807) is 16.8 Å². The van der Waals surface area contributed by atoms with E-state index in [9.17, 15) is 0 Å². The maximum Gasteiger partial charge on any atom is 0.164 e. The number of benzene rings is 2. The van der Waals surface area contributed by atoms with Crippen LogP contribution in [0.25, 0.3) is 22.3 Å². The van der Waals surface area contributed by atoms with Crippen LogP contribution in [-0.4, -0.2) is 24.7 Å². The molecule has 0 unspecified atom stereocenters. The molecule has 35 heavy (non-hydrogen) atoms. The predicted octanol–water partition coefficient (Wildman–Crippen LogP) is 6.02. The molecule has 2 aromatic carbocycles. The van der Waals surface area contributed by atoms with Crippen molar-refractivity contribution >= 4 is 28.2 Å². The van der Waals surface area contributed by atoms with Crippen molar-refractivity contribution in [2.75, 3.05) is 5.73 Å². The number of thiazole rings is 1. The van der Waals surface area contributed by atoms with Crippen molar-refractivity contribution < 1.29 is 9.47 Å². The molecule has 0 amide bonds. The van der Waals surface area contributed by atoms with Crippen molar-refractivity contribution in [3.05, 3.63) is 71.4 Å². The number of nitrogens with zero attached hydrogens (tertiary/aromatic N) is 5. The van der Waals surface area contributed by atoms with Gasteiger partial charge in [-0.2, -0.15) is 5.10 Å². The lowest BCUT2D eigenvalue weighted by molar-refractivity contribution is 0.308.